The molecule has 0 aromatic heterocycles. The summed E-state index contributed by atoms with van der Waals surface area (Å²) in [5.74, 6) is 0. The Balaban J connectivity index is 0. The highest BCUT2D eigenvalue weighted by atomic mass is 35.6. The van der Waals surface area contributed by atoms with Crippen LogP contribution >= 0.6 is 34.8 Å². The molecule has 0 aromatic rings. The first-order valence-corrected chi connectivity index (χ1v) is 1.96. The second-order valence-corrected chi connectivity index (χ2v) is 2.23. The van der Waals surface area contributed by atoms with E-state index in [1.807, 2.05) is 0 Å². The van der Waals surface area contributed by atoms with Crippen molar-refractivity contribution in [3.63, 3.8) is 0 Å². The van der Waals surface area contributed by atoms with Crippen LogP contribution in [0.5, 0.6) is 0 Å². The second kappa shape index (κ2) is 4.80. The van der Waals surface area contributed by atoms with Gasteiger partial charge in [0.05, 0.1) is 0 Å². The Morgan fingerprint density at radius 1 is 1.00 bits per heavy atom. The van der Waals surface area contributed by atoms with Crippen molar-refractivity contribution in [3.8, 4) is 0 Å². The number of hydrogen-bond donors (Lipinski definition) is 0. The minimum atomic E-state index is -0.750. The van der Waals surface area contributed by atoms with Crippen molar-refractivity contribution >= 4 is 34.8 Å². The first-order valence-electron chi connectivity index (χ1n) is 0.655. The monoisotopic (exact) mass is 138 g/mol. The van der Waals surface area contributed by atoms with Crippen molar-refractivity contribution in [2.45, 2.75) is 4.30 Å². The van der Waals surface area contributed by atoms with E-state index in [1.165, 1.54) is 0 Å². The van der Waals surface area contributed by atoms with E-state index in [-0.39, 0.29) is 4.70 Å². The predicted molar refractivity (Wildman–Crippen MR) is 23.8 cm³/mol. The molecule has 0 rings (SSSR count). The van der Waals surface area contributed by atoms with Crippen LogP contribution < -0.4 is 0 Å². The number of rotatable bonds is 0. The van der Waals surface area contributed by atoms with Crippen LogP contribution in [0.2, 0.25) is 0 Å². The Labute approximate surface area is 44.4 Å². The third-order valence-electron chi connectivity index (χ3n) is 0. The van der Waals surface area contributed by atoms with Gasteiger partial charge < -0.3 is 0 Å². The van der Waals surface area contributed by atoms with Gasteiger partial charge in [-0.15, -0.1) is 0 Å². The minimum Gasteiger partial charge on any atom is -0.269 e. The molecular formula is CH2Cl3F. The molecule has 0 fully saturated rings. The molecule has 0 bridgehead atoms. The second-order valence-electron chi connectivity index (χ2n) is 0.247. The lowest BCUT2D eigenvalue weighted by Crippen LogP contribution is -1.55. The number of alkyl halides is 3. The Kier molecular flexibility index (Phi) is 8.88. The molecule has 0 atom stereocenters. The quantitative estimate of drug-likeness (QED) is 0.451. The van der Waals surface area contributed by atoms with Crippen molar-refractivity contribution in [2.75, 3.05) is 0 Å². The molecule has 0 saturated carbocycles. The molecule has 34 valence electrons. The van der Waals surface area contributed by atoms with E-state index in [1.54, 1.807) is 0 Å². The fourth-order valence-corrected chi connectivity index (χ4v) is 0. The van der Waals surface area contributed by atoms with Crippen LogP contribution in [-0.4, -0.2) is 4.30 Å². The standard InChI is InChI=1S/CHCl3.FH/c2-1(3)4;/h1H;1H. The SMILES string of the molecule is ClC(Cl)Cl.F. The third-order valence-corrected chi connectivity index (χ3v) is 0. The van der Waals surface area contributed by atoms with Crippen LogP contribution in [0, 0.1) is 0 Å². The predicted octanol–water partition coefficient (Wildman–Crippen LogP) is 2.14. The number of halogens is 4. The molecule has 0 unspecified atom stereocenters. The summed E-state index contributed by atoms with van der Waals surface area (Å²) in [6.45, 7) is 0. The maximum atomic E-state index is 4.81. The summed E-state index contributed by atoms with van der Waals surface area (Å²) in [6, 6.07) is 0. The Hall–Kier alpha value is 0.800. The summed E-state index contributed by atoms with van der Waals surface area (Å²) in [5.41, 5.74) is 0. The van der Waals surface area contributed by atoms with Crippen LogP contribution in [0.3, 0.4) is 0 Å². The highest BCUT2D eigenvalue weighted by Crippen LogP contribution is 2.03. The summed E-state index contributed by atoms with van der Waals surface area (Å²) in [6.07, 6.45) is 0. The zero-order valence-electron chi connectivity index (χ0n) is 2.12. The molecular weight excluding hydrogens is 137 g/mol. The van der Waals surface area contributed by atoms with Crippen LogP contribution in [0.15, 0.2) is 0 Å². The molecule has 0 heterocycles. The number of hydrogen-bond acceptors (Lipinski definition) is 0. The fourth-order valence-electron chi connectivity index (χ4n) is 0. The van der Waals surface area contributed by atoms with E-state index < -0.39 is 4.30 Å². The molecule has 0 saturated heterocycles. The van der Waals surface area contributed by atoms with E-state index in [2.05, 4.69) is 0 Å². The van der Waals surface area contributed by atoms with Gasteiger partial charge in [0.2, 0.25) is 0 Å². The summed E-state index contributed by atoms with van der Waals surface area (Å²) in [5, 5.41) is 0. The van der Waals surface area contributed by atoms with Gasteiger partial charge in [-0.05, 0) is 0 Å². The molecule has 4 heteroatoms. The van der Waals surface area contributed by atoms with E-state index in [9.17, 15) is 0 Å². The molecule has 0 aliphatic heterocycles. The topological polar surface area (TPSA) is 0 Å². The normalized spacial score (nSPS) is 7.20. The van der Waals surface area contributed by atoms with Gasteiger partial charge in [-0.3, -0.25) is 4.70 Å². The van der Waals surface area contributed by atoms with Gasteiger partial charge in [-0.1, -0.05) is 34.8 Å². The van der Waals surface area contributed by atoms with Crippen LogP contribution in [0.4, 0.5) is 4.70 Å². The summed E-state index contributed by atoms with van der Waals surface area (Å²) >= 11 is 14.4. The average Bonchev–Trinajstić information content (AvgIpc) is 0.811. The van der Waals surface area contributed by atoms with Crippen molar-refractivity contribution in [1.29, 1.82) is 0 Å². The Morgan fingerprint density at radius 3 is 1.00 bits per heavy atom. The lowest BCUT2D eigenvalue weighted by atomic mass is 11.9. The van der Waals surface area contributed by atoms with Crippen molar-refractivity contribution in [3.05, 3.63) is 0 Å². The van der Waals surface area contributed by atoms with E-state index in [0.29, 0.717) is 0 Å². The largest absolute Gasteiger partial charge is 0.269 e. The molecule has 0 radical (unpaired) electrons. The summed E-state index contributed by atoms with van der Waals surface area (Å²) in [7, 11) is 0. The van der Waals surface area contributed by atoms with Crippen LogP contribution in [-0.2, 0) is 0 Å². The molecule has 0 amide bonds. The zero-order valence-corrected chi connectivity index (χ0v) is 4.39. The minimum absolute atomic E-state index is 0. The van der Waals surface area contributed by atoms with Crippen LogP contribution in [0.1, 0.15) is 0 Å². The summed E-state index contributed by atoms with van der Waals surface area (Å²) in [4.78, 5) is 0. The Bertz CT molecular complexity index is 11.6. The van der Waals surface area contributed by atoms with Crippen molar-refractivity contribution < 1.29 is 4.70 Å². The smallest absolute Gasteiger partial charge is 0.180 e. The molecule has 0 spiro atoms. The lowest BCUT2D eigenvalue weighted by molar-refractivity contribution is 1.11. The first kappa shape index (κ1) is 9.25. The molecule has 0 aromatic carbocycles. The highest BCUT2D eigenvalue weighted by Gasteiger charge is 1.78. The molecule has 0 nitrogen and oxygen atoms in total. The lowest BCUT2D eigenvalue weighted by Gasteiger charge is -1.69. The van der Waals surface area contributed by atoms with E-state index in [4.69, 9.17) is 34.8 Å². The van der Waals surface area contributed by atoms with Gasteiger partial charge in [0.25, 0.3) is 0 Å². The van der Waals surface area contributed by atoms with E-state index in [0.717, 1.165) is 0 Å². The van der Waals surface area contributed by atoms with Crippen molar-refractivity contribution in [2.24, 2.45) is 0 Å². The summed E-state index contributed by atoms with van der Waals surface area (Å²) < 4.78 is -0.750. The van der Waals surface area contributed by atoms with Gasteiger partial charge in [0.15, 0.2) is 4.30 Å². The Morgan fingerprint density at radius 2 is 1.00 bits per heavy atom. The maximum absolute atomic E-state index is 4.81. The first-order chi connectivity index (χ1) is 1.73. The molecule has 0 aliphatic carbocycles. The van der Waals surface area contributed by atoms with E-state index >= 15 is 0 Å². The maximum Gasteiger partial charge on any atom is 0.180 e. The fraction of sp³-hybridized carbons (Fsp3) is 1.00. The van der Waals surface area contributed by atoms with Gasteiger partial charge in [-0.25, -0.2) is 0 Å². The van der Waals surface area contributed by atoms with Gasteiger partial charge >= 0.3 is 0 Å². The van der Waals surface area contributed by atoms with Gasteiger partial charge in [-0.2, -0.15) is 0 Å². The third kappa shape index (κ3) is 58.8. The highest BCUT2D eigenvalue weighted by molar-refractivity contribution is 6.63. The molecule has 0 aliphatic rings. The zero-order chi connectivity index (χ0) is 3.58. The van der Waals surface area contributed by atoms with Crippen molar-refractivity contribution in [1.82, 2.24) is 0 Å². The molecule has 0 N–H and O–H groups in total. The molecule has 5 heavy (non-hydrogen) atoms. The average molecular weight is 139 g/mol. The van der Waals surface area contributed by atoms with Gasteiger partial charge in [0.1, 0.15) is 0 Å². The van der Waals surface area contributed by atoms with Crippen LogP contribution in [0.25, 0.3) is 0 Å². The van der Waals surface area contributed by atoms with Gasteiger partial charge in [0, 0.05) is 0 Å².